The maximum Gasteiger partial charge on any atom is 0.236 e. The molecule has 0 bridgehead atoms. The van der Waals surface area contributed by atoms with Crippen LogP contribution >= 0.6 is 23.2 Å². The van der Waals surface area contributed by atoms with Crippen molar-refractivity contribution in [2.24, 2.45) is 11.5 Å². The summed E-state index contributed by atoms with van der Waals surface area (Å²) in [5, 5.41) is 3.95. The van der Waals surface area contributed by atoms with Crippen LogP contribution in [0.5, 0.6) is 0 Å². The fraction of sp³-hybridized carbons (Fsp3) is 0.222. The van der Waals surface area contributed by atoms with E-state index < -0.39 is 11.9 Å². The van der Waals surface area contributed by atoms with E-state index in [1.807, 2.05) is 0 Å². The third-order valence-corrected chi connectivity index (χ3v) is 2.37. The fourth-order valence-corrected chi connectivity index (χ4v) is 1.31. The van der Waals surface area contributed by atoms with E-state index in [1.165, 1.54) is 0 Å². The summed E-state index contributed by atoms with van der Waals surface area (Å²) in [5.74, 6) is -0.569. The van der Waals surface area contributed by atoms with E-state index in [0.717, 1.165) is 0 Å². The van der Waals surface area contributed by atoms with Crippen molar-refractivity contribution in [2.45, 2.75) is 6.04 Å². The molecule has 0 saturated heterocycles. The number of hydrogen-bond donors (Lipinski definition) is 3. The number of halogens is 2. The SMILES string of the molecule is NC(=O)C(N)CNc1cc(Cl)ccc1Cl. The molecule has 6 heteroatoms. The minimum atomic E-state index is -0.750. The molecule has 0 fully saturated rings. The molecule has 1 aromatic carbocycles. The molecule has 0 aliphatic carbocycles. The molecule has 5 N–H and O–H groups in total. The summed E-state index contributed by atoms with van der Waals surface area (Å²) >= 11 is 11.7. The molecular weight excluding hydrogens is 237 g/mol. The highest BCUT2D eigenvalue weighted by Crippen LogP contribution is 2.25. The number of primary amides is 1. The summed E-state index contributed by atoms with van der Waals surface area (Å²) in [5.41, 5.74) is 11.1. The third kappa shape index (κ3) is 3.58. The van der Waals surface area contributed by atoms with Crippen LogP contribution in [0, 0.1) is 0 Å². The number of carbonyl (C=O) groups is 1. The van der Waals surface area contributed by atoms with Gasteiger partial charge in [-0.05, 0) is 18.2 Å². The van der Waals surface area contributed by atoms with Gasteiger partial charge in [0.2, 0.25) is 5.91 Å². The molecule has 0 heterocycles. The quantitative estimate of drug-likeness (QED) is 0.749. The van der Waals surface area contributed by atoms with E-state index >= 15 is 0 Å². The zero-order valence-electron chi connectivity index (χ0n) is 7.84. The molecule has 1 amide bonds. The lowest BCUT2D eigenvalue weighted by molar-refractivity contribution is -0.118. The summed E-state index contributed by atoms with van der Waals surface area (Å²) in [7, 11) is 0. The lowest BCUT2D eigenvalue weighted by atomic mass is 10.2. The maximum atomic E-state index is 10.7. The second-order valence-corrected chi connectivity index (χ2v) is 3.86. The molecule has 4 nitrogen and oxygen atoms in total. The third-order valence-electron chi connectivity index (χ3n) is 1.81. The van der Waals surface area contributed by atoms with Crippen molar-refractivity contribution >= 4 is 34.8 Å². The van der Waals surface area contributed by atoms with Gasteiger partial charge >= 0.3 is 0 Å². The second-order valence-electron chi connectivity index (χ2n) is 3.01. The summed E-state index contributed by atoms with van der Waals surface area (Å²) in [6.45, 7) is 0.218. The van der Waals surface area contributed by atoms with Crippen LogP contribution in [0.25, 0.3) is 0 Å². The van der Waals surface area contributed by atoms with Crippen LogP contribution in [0.1, 0.15) is 0 Å². The lowest BCUT2D eigenvalue weighted by Gasteiger charge is -2.11. The van der Waals surface area contributed by atoms with Crippen LogP contribution in [0.15, 0.2) is 18.2 Å². The predicted molar refractivity (Wildman–Crippen MR) is 62.1 cm³/mol. The zero-order chi connectivity index (χ0) is 11.4. The van der Waals surface area contributed by atoms with Crippen molar-refractivity contribution in [3.05, 3.63) is 28.2 Å². The molecule has 0 radical (unpaired) electrons. The highest BCUT2D eigenvalue weighted by atomic mass is 35.5. The maximum absolute atomic E-state index is 10.7. The standard InChI is InChI=1S/C9H11Cl2N3O/c10-5-1-2-6(11)8(3-5)14-4-7(12)9(13)15/h1-3,7,14H,4,12H2,(H2,13,15). The Morgan fingerprint density at radius 3 is 2.73 bits per heavy atom. The predicted octanol–water partition coefficient (Wildman–Crippen LogP) is 1.22. The Morgan fingerprint density at radius 2 is 2.13 bits per heavy atom. The summed E-state index contributed by atoms with van der Waals surface area (Å²) in [4.78, 5) is 10.7. The van der Waals surface area contributed by atoms with Gasteiger partial charge in [0.1, 0.15) is 6.04 Å². The minimum absolute atomic E-state index is 0.218. The van der Waals surface area contributed by atoms with Gasteiger partial charge in [-0.3, -0.25) is 4.79 Å². The Kier molecular flexibility index (Phi) is 4.20. The van der Waals surface area contributed by atoms with E-state index in [9.17, 15) is 4.79 Å². The van der Waals surface area contributed by atoms with E-state index in [0.29, 0.717) is 15.7 Å². The number of hydrogen-bond acceptors (Lipinski definition) is 3. The number of anilines is 1. The Balaban J connectivity index is 2.65. The molecule has 15 heavy (non-hydrogen) atoms. The topological polar surface area (TPSA) is 81.1 Å². The van der Waals surface area contributed by atoms with Crippen molar-refractivity contribution in [2.75, 3.05) is 11.9 Å². The largest absolute Gasteiger partial charge is 0.382 e. The molecule has 1 aromatic rings. The van der Waals surface area contributed by atoms with E-state index in [2.05, 4.69) is 5.32 Å². The van der Waals surface area contributed by atoms with Crippen LogP contribution < -0.4 is 16.8 Å². The number of rotatable bonds is 4. The van der Waals surface area contributed by atoms with Crippen LogP contribution in [0.4, 0.5) is 5.69 Å². The Bertz CT molecular complexity index is 370. The number of nitrogens with two attached hydrogens (primary N) is 2. The van der Waals surface area contributed by atoms with Crippen LogP contribution in [0.3, 0.4) is 0 Å². The number of amides is 1. The molecule has 1 unspecified atom stereocenters. The molecule has 0 saturated carbocycles. The fourth-order valence-electron chi connectivity index (χ4n) is 0.953. The second kappa shape index (κ2) is 5.21. The number of benzene rings is 1. The molecular formula is C9H11Cl2N3O. The van der Waals surface area contributed by atoms with Gasteiger partial charge < -0.3 is 16.8 Å². The van der Waals surface area contributed by atoms with Gasteiger partial charge in [0.15, 0.2) is 0 Å². The van der Waals surface area contributed by atoms with Gasteiger partial charge in [0.05, 0.1) is 10.7 Å². The lowest BCUT2D eigenvalue weighted by Crippen LogP contribution is -2.41. The van der Waals surface area contributed by atoms with Gasteiger partial charge in [0, 0.05) is 11.6 Å². The van der Waals surface area contributed by atoms with E-state index in [1.54, 1.807) is 18.2 Å². The van der Waals surface area contributed by atoms with Crippen LogP contribution in [0.2, 0.25) is 10.0 Å². The van der Waals surface area contributed by atoms with Gasteiger partial charge in [-0.2, -0.15) is 0 Å². The smallest absolute Gasteiger partial charge is 0.236 e. The van der Waals surface area contributed by atoms with Crippen LogP contribution in [-0.4, -0.2) is 18.5 Å². The zero-order valence-corrected chi connectivity index (χ0v) is 9.35. The Labute approximate surface area is 97.5 Å². The average molecular weight is 248 g/mol. The number of nitrogens with one attached hydrogen (secondary N) is 1. The first-order valence-corrected chi connectivity index (χ1v) is 5.00. The Hall–Kier alpha value is -0.970. The normalized spacial score (nSPS) is 12.2. The van der Waals surface area contributed by atoms with Crippen molar-refractivity contribution in [1.29, 1.82) is 0 Å². The van der Waals surface area contributed by atoms with Gasteiger partial charge in [0.25, 0.3) is 0 Å². The summed E-state index contributed by atoms with van der Waals surface area (Å²) in [6, 6.07) is 4.22. The van der Waals surface area contributed by atoms with Crippen molar-refractivity contribution in [3.8, 4) is 0 Å². The van der Waals surface area contributed by atoms with Gasteiger partial charge in [-0.25, -0.2) is 0 Å². The first kappa shape index (κ1) is 12.1. The first-order chi connectivity index (χ1) is 7.00. The molecule has 1 atom stereocenters. The summed E-state index contributed by atoms with van der Waals surface area (Å²) in [6.07, 6.45) is 0. The van der Waals surface area contributed by atoms with Crippen molar-refractivity contribution < 1.29 is 4.79 Å². The monoisotopic (exact) mass is 247 g/mol. The van der Waals surface area contributed by atoms with E-state index in [4.69, 9.17) is 34.7 Å². The molecule has 0 aliphatic heterocycles. The Morgan fingerprint density at radius 1 is 1.47 bits per heavy atom. The highest BCUT2D eigenvalue weighted by molar-refractivity contribution is 6.35. The first-order valence-electron chi connectivity index (χ1n) is 4.24. The minimum Gasteiger partial charge on any atom is -0.382 e. The van der Waals surface area contributed by atoms with Crippen molar-refractivity contribution in [1.82, 2.24) is 0 Å². The highest BCUT2D eigenvalue weighted by Gasteiger charge is 2.09. The van der Waals surface area contributed by atoms with Gasteiger partial charge in [-0.1, -0.05) is 23.2 Å². The van der Waals surface area contributed by atoms with E-state index in [-0.39, 0.29) is 6.54 Å². The number of carbonyl (C=O) groups excluding carboxylic acids is 1. The molecule has 0 aliphatic rings. The molecule has 1 rings (SSSR count). The molecule has 0 aromatic heterocycles. The van der Waals surface area contributed by atoms with Crippen molar-refractivity contribution in [3.63, 3.8) is 0 Å². The van der Waals surface area contributed by atoms with Gasteiger partial charge in [-0.15, -0.1) is 0 Å². The average Bonchev–Trinajstić information content (AvgIpc) is 2.18. The molecule has 0 spiro atoms. The molecule has 82 valence electrons. The van der Waals surface area contributed by atoms with Crippen LogP contribution in [-0.2, 0) is 4.79 Å². The summed E-state index contributed by atoms with van der Waals surface area (Å²) < 4.78 is 0.